The normalized spacial score (nSPS) is 15.9. The van der Waals surface area contributed by atoms with Crippen molar-refractivity contribution in [2.75, 3.05) is 4.90 Å². The van der Waals surface area contributed by atoms with Gasteiger partial charge in [-0.05, 0) is 35.1 Å². The molecular weight excluding hydrogens is 402 g/mol. The fourth-order valence-electron chi connectivity index (χ4n) is 4.07. The molecular formula is C26H25N3OS. The summed E-state index contributed by atoms with van der Waals surface area (Å²) in [6.07, 6.45) is 1.76. The topological polar surface area (TPSA) is 51.4 Å². The zero-order chi connectivity index (χ0) is 21.6. The molecule has 2 heterocycles. The van der Waals surface area contributed by atoms with E-state index in [1.165, 1.54) is 10.8 Å². The third-order valence-corrected chi connectivity index (χ3v) is 6.55. The summed E-state index contributed by atoms with van der Waals surface area (Å²) < 4.78 is 6.44. The molecule has 1 atom stereocenters. The van der Waals surface area contributed by atoms with E-state index in [1.807, 2.05) is 30.3 Å². The number of benzene rings is 3. The third-order valence-electron chi connectivity index (χ3n) is 5.52. The number of nitrogens with two attached hydrogens (primary N) is 1. The molecule has 0 radical (unpaired) electrons. The quantitative estimate of drug-likeness (QED) is 0.389. The molecule has 3 aromatic carbocycles. The van der Waals surface area contributed by atoms with E-state index in [0.29, 0.717) is 5.88 Å². The molecule has 0 saturated carbocycles. The van der Waals surface area contributed by atoms with E-state index in [4.69, 9.17) is 10.5 Å². The molecule has 4 nitrogen and oxygen atoms in total. The van der Waals surface area contributed by atoms with Gasteiger partial charge in [-0.2, -0.15) is 0 Å². The number of fused-ring (bicyclic) bond motifs is 3. The summed E-state index contributed by atoms with van der Waals surface area (Å²) in [7, 11) is 0. The van der Waals surface area contributed by atoms with Crippen molar-refractivity contribution in [2.45, 2.75) is 36.6 Å². The van der Waals surface area contributed by atoms with Crippen molar-refractivity contribution in [3.8, 4) is 11.6 Å². The number of pyridine rings is 1. The van der Waals surface area contributed by atoms with Crippen molar-refractivity contribution in [2.24, 2.45) is 5.73 Å². The monoisotopic (exact) mass is 427 g/mol. The van der Waals surface area contributed by atoms with Gasteiger partial charge in [-0.25, -0.2) is 4.98 Å². The van der Waals surface area contributed by atoms with Crippen LogP contribution in [0.1, 0.15) is 26.3 Å². The molecule has 0 aliphatic carbocycles. The highest BCUT2D eigenvalue weighted by atomic mass is 32.2. The summed E-state index contributed by atoms with van der Waals surface area (Å²) in [6.45, 7) is 6.55. The van der Waals surface area contributed by atoms with E-state index in [2.05, 4.69) is 73.1 Å². The van der Waals surface area contributed by atoms with Crippen molar-refractivity contribution in [3.05, 3.63) is 84.6 Å². The van der Waals surface area contributed by atoms with Gasteiger partial charge >= 0.3 is 0 Å². The van der Waals surface area contributed by atoms with Crippen LogP contribution in [0.15, 0.2) is 83.9 Å². The van der Waals surface area contributed by atoms with Gasteiger partial charge in [0.05, 0.1) is 5.69 Å². The molecule has 0 saturated heterocycles. The van der Waals surface area contributed by atoms with E-state index in [9.17, 15) is 0 Å². The van der Waals surface area contributed by atoms with Crippen LogP contribution in [-0.4, -0.2) is 10.5 Å². The van der Waals surface area contributed by atoms with Gasteiger partial charge in [0, 0.05) is 22.0 Å². The Morgan fingerprint density at radius 1 is 0.935 bits per heavy atom. The third kappa shape index (κ3) is 3.54. The van der Waals surface area contributed by atoms with Crippen molar-refractivity contribution in [3.63, 3.8) is 0 Å². The van der Waals surface area contributed by atoms with Gasteiger partial charge in [-0.15, -0.1) is 0 Å². The molecule has 2 N–H and O–H groups in total. The van der Waals surface area contributed by atoms with E-state index < -0.39 is 0 Å². The standard InChI is InChI=1S/C26H25N3OS/c1-26(2,3)19-11-6-7-13-21(19)30-24-20(12-8-16-28-24)29-23-18-10-5-4-9-17(18)14-15-22(23)31-25(29)27/h4-16,25H,27H2,1-3H3. The fourth-order valence-corrected chi connectivity index (χ4v) is 5.12. The van der Waals surface area contributed by atoms with Gasteiger partial charge in [0.1, 0.15) is 16.9 Å². The molecule has 1 aliphatic rings. The van der Waals surface area contributed by atoms with Crippen molar-refractivity contribution >= 4 is 33.9 Å². The maximum atomic E-state index is 6.62. The average molecular weight is 428 g/mol. The Morgan fingerprint density at radius 2 is 1.71 bits per heavy atom. The van der Waals surface area contributed by atoms with Crippen molar-refractivity contribution in [1.29, 1.82) is 0 Å². The lowest BCUT2D eigenvalue weighted by atomic mass is 9.86. The number of aromatic nitrogens is 1. The Balaban J connectivity index is 1.64. The highest BCUT2D eigenvalue weighted by Gasteiger charge is 2.33. The molecule has 1 unspecified atom stereocenters. The summed E-state index contributed by atoms with van der Waals surface area (Å²) in [6, 6.07) is 24.8. The lowest BCUT2D eigenvalue weighted by Gasteiger charge is -2.27. The molecule has 0 fully saturated rings. The van der Waals surface area contributed by atoms with Gasteiger partial charge < -0.3 is 15.4 Å². The molecule has 1 aliphatic heterocycles. The van der Waals surface area contributed by atoms with Gasteiger partial charge in [0.15, 0.2) is 0 Å². The van der Waals surface area contributed by atoms with E-state index in [1.54, 1.807) is 18.0 Å². The minimum Gasteiger partial charge on any atom is -0.437 e. The number of anilines is 2. The minimum atomic E-state index is -0.259. The SMILES string of the molecule is CC(C)(C)c1ccccc1Oc1ncccc1N1c2c(ccc3ccccc23)SC1N. The Hall–Kier alpha value is -3.02. The Morgan fingerprint density at radius 3 is 2.55 bits per heavy atom. The largest absolute Gasteiger partial charge is 0.437 e. The fraction of sp³-hybridized carbons (Fsp3) is 0.192. The van der Waals surface area contributed by atoms with Crippen LogP contribution in [0.3, 0.4) is 0 Å². The molecule has 5 heteroatoms. The van der Waals surface area contributed by atoms with E-state index >= 15 is 0 Å². The second-order valence-corrected chi connectivity index (χ2v) is 9.85. The zero-order valence-electron chi connectivity index (χ0n) is 17.9. The first kappa shape index (κ1) is 19.9. The Labute approximate surface area is 187 Å². The van der Waals surface area contributed by atoms with Crippen molar-refractivity contribution in [1.82, 2.24) is 4.98 Å². The Bertz CT molecular complexity index is 1260. The Kier molecular flexibility index (Phi) is 4.88. The van der Waals surface area contributed by atoms with Crippen LogP contribution >= 0.6 is 11.8 Å². The highest BCUT2D eigenvalue weighted by molar-refractivity contribution is 8.00. The van der Waals surface area contributed by atoms with E-state index in [-0.39, 0.29) is 10.9 Å². The molecule has 0 amide bonds. The van der Waals surface area contributed by atoms with Gasteiger partial charge in [-0.1, -0.05) is 81.1 Å². The van der Waals surface area contributed by atoms with Crippen LogP contribution in [0.2, 0.25) is 0 Å². The number of thioether (sulfide) groups is 1. The number of ether oxygens (including phenoxy) is 1. The first-order chi connectivity index (χ1) is 14.9. The summed E-state index contributed by atoms with van der Waals surface area (Å²) in [5.41, 5.74) is 9.42. The second kappa shape index (κ2) is 7.59. The van der Waals surface area contributed by atoms with Crippen LogP contribution in [0.4, 0.5) is 11.4 Å². The molecule has 0 bridgehead atoms. The van der Waals surface area contributed by atoms with Crippen LogP contribution < -0.4 is 15.4 Å². The summed E-state index contributed by atoms with van der Waals surface area (Å²) in [4.78, 5) is 7.91. The minimum absolute atomic E-state index is 0.0474. The molecule has 5 rings (SSSR count). The smallest absolute Gasteiger partial charge is 0.243 e. The maximum absolute atomic E-state index is 6.62. The summed E-state index contributed by atoms with van der Waals surface area (Å²) >= 11 is 1.65. The van der Waals surface area contributed by atoms with Crippen LogP contribution in [-0.2, 0) is 5.41 Å². The first-order valence-corrected chi connectivity index (χ1v) is 11.3. The lowest BCUT2D eigenvalue weighted by Crippen LogP contribution is -2.32. The number of nitrogens with zero attached hydrogens (tertiary/aromatic N) is 2. The lowest BCUT2D eigenvalue weighted by molar-refractivity contribution is 0.440. The molecule has 31 heavy (non-hydrogen) atoms. The molecule has 156 valence electrons. The number of para-hydroxylation sites is 1. The summed E-state index contributed by atoms with van der Waals surface area (Å²) in [5.74, 6) is 1.37. The van der Waals surface area contributed by atoms with Gasteiger partial charge in [0.25, 0.3) is 0 Å². The number of hydrogen-bond acceptors (Lipinski definition) is 5. The summed E-state index contributed by atoms with van der Waals surface area (Å²) in [5, 5.41) is 2.36. The number of rotatable bonds is 3. The van der Waals surface area contributed by atoms with Gasteiger partial charge in [0.2, 0.25) is 5.88 Å². The van der Waals surface area contributed by atoms with Gasteiger partial charge in [-0.3, -0.25) is 0 Å². The molecule has 1 aromatic heterocycles. The predicted molar refractivity (Wildman–Crippen MR) is 129 cm³/mol. The first-order valence-electron chi connectivity index (χ1n) is 10.4. The average Bonchev–Trinajstić information content (AvgIpc) is 3.10. The molecule has 0 spiro atoms. The number of hydrogen-bond donors (Lipinski definition) is 1. The van der Waals surface area contributed by atoms with E-state index in [0.717, 1.165) is 27.6 Å². The van der Waals surface area contributed by atoms with Crippen LogP contribution in [0.25, 0.3) is 10.8 Å². The van der Waals surface area contributed by atoms with Crippen LogP contribution in [0.5, 0.6) is 11.6 Å². The predicted octanol–water partition coefficient (Wildman–Crippen LogP) is 6.81. The highest BCUT2D eigenvalue weighted by Crippen LogP contribution is 2.51. The maximum Gasteiger partial charge on any atom is 0.243 e. The van der Waals surface area contributed by atoms with Crippen LogP contribution in [0, 0.1) is 0 Å². The zero-order valence-corrected chi connectivity index (χ0v) is 18.7. The molecule has 4 aromatic rings. The second-order valence-electron chi connectivity index (χ2n) is 8.69. The van der Waals surface area contributed by atoms with Crippen molar-refractivity contribution < 1.29 is 4.74 Å².